The van der Waals surface area contributed by atoms with Crippen molar-refractivity contribution in [1.82, 2.24) is 4.90 Å². The molecule has 82 valence electrons. The van der Waals surface area contributed by atoms with Gasteiger partial charge in [0.15, 0.2) is 0 Å². The molecule has 0 aromatic rings. The Labute approximate surface area is 88.9 Å². The molecule has 1 heterocycles. The second kappa shape index (κ2) is 3.52. The third-order valence-electron chi connectivity index (χ3n) is 4.43. The van der Waals surface area contributed by atoms with Crippen LogP contribution >= 0.6 is 0 Å². The second-order valence-corrected chi connectivity index (χ2v) is 6.27. The van der Waals surface area contributed by atoms with E-state index in [1.807, 2.05) is 0 Å². The van der Waals surface area contributed by atoms with Gasteiger partial charge in [0.2, 0.25) is 0 Å². The molecule has 0 aromatic heterocycles. The van der Waals surface area contributed by atoms with E-state index in [1.54, 1.807) is 0 Å². The van der Waals surface area contributed by atoms with Gasteiger partial charge in [0, 0.05) is 11.6 Å². The van der Waals surface area contributed by atoms with E-state index in [2.05, 4.69) is 32.6 Å². The van der Waals surface area contributed by atoms with Crippen molar-refractivity contribution in [2.24, 2.45) is 11.8 Å². The summed E-state index contributed by atoms with van der Waals surface area (Å²) in [6.45, 7) is 10.9. The molecule has 2 aliphatic rings. The van der Waals surface area contributed by atoms with Gasteiger partial charge in [-0.05, 0) is 52.0 Å². The van der Waals surface area contributed by atoms with E-state index in [0.717, 1.165) is 17.9 Å². The summed E-state index contributed by atoms with van der Waals surface area (Å²) in [7, 11) is 0. The maximum Gasteiger partial charge on any atom is 0.0129 e. The first-order valence-electron chi connectivity index (χ1n) is 6.27. The van der Waals surface area contributed by atoms with Crippen molar-refractivity contribution in [3.8, 4) is 0 Å². The largest absolute Gasteiger partial charge is 0.295 e. The van der Waals surface area contributed by atoms with Crippen LogP contribution in [0.2, 0.25) is 0 Å². The lowest BCUT2D eigenvalue weighted by Gasteiger charge is -2.53. The fourth-order valence-electron chi connectivity index (χ4n) is 3.58. The van der Waals surface area contributed by atoms with Gasteiger partial charge in [0.25, 0.3) is 0 Å². The maximum absolute atomic E-state index is 2.76. The lowest BCUT2D eigenvalue weighted by Crippen LogP contribution is -2.57. The molecule has 2 fully saturated rings. The van der Waals surface area contributed by atoms with Gasteiger partial charge in [0.1, 0.15) is 0 Å². The van der Waals surface area contributed by atoms with Gasteiger partial charge in [-0.25, -0.2) is 0 Å². The van der Waals surface area contributed by atoms with Crippen molar-refractivity contribution in [2.45, 2.75) is 65.0 Å². The monoisotopic (exact) mass is 195 g/mol. The van der Waals surface area contributed by atoms with E-state index in [1.165, 1.54) is 32.2 Å². The van der Waals surface area contributed by atoms with Crippen molar-refractivity contribution in [2.75, 3.05) is 6.54 Å². The highest BCUT2D eigenvalue weighted by Crippen LogP contribution is 2.41. The quantitative estimate of drug-likeness (QED) is 0.573. The fourth-order valence-corrected chi connectivity index (χ4v) is 3.58. The molecule has 1 nitrogen and oxygen atoms in total. The minimum absolute atomic E-state index is 0.376. The molecule has 1 aliphatic heterocycles. The van der Waals surface area contributed by atoms with Crippen LogP contribution in [-0.2, 0) is 0 Å². The smallest absolute Gasteiger partial charge is 0.0129 e. The molecule has 14 heavy (non-hydrogen) atoms. The van der Waals surface area contributed by atoms with Crippen LogP contribution in [-0.4, -0.2) is 23.0 Å². The second-order valence-electron chi connectivity index (χ2n) is 6.27. The SMILES string of the molecule is CC1C2CCCC1N(C(C)(C)C)CC2. The minimum Gasteiger partial charge on any atom is -0.295 e. The fraction of sp³-hybridized carbons (Fsp3) is 1.00. The van der Waals surface area contributed by atoms with Crippen LogP contribution in [0.15, 0.2) is 0 Å². The number of hydrogen-bond donors (Lipinski definition) is 0. The van der Waals surface area contributed by atoms with Gasteiger partial charge < -0.3 is 0 Å². The molecule has 3 atom stereocenters. The molecule has 1 heteroatoms. The van der Waals surface area contributed by atoms with E-state index >= 15 is 0 Å². The van der Waals surface area contributed by atoms with E-state index in [0.29, 0.717) is 5.54 Å². The first kappa shape index (κ1) is 10.5. The first-order valence-corrected chi connectivity index (χ1v) is 6.27. The number of likely N-dealkylation sites (tertiary alicyclic amines) is 1. The van der Waals surface area contributed by atoms with Crippen molar-refractivity contribution in [3.05, 3.63) is 0 Å². The number of rotatable bonds is 0. The Morgan fingerprint density at radius 3 is 2.43 bits per heavy atom. The lowest BCUT2D eigenvalue weighted by atomic mass is 9.70. The molecule has 0 N–H and O–H groups in total. The van der Waals surface area contributed by atoms with Crippen LogP contribution in [0, 0.1) is 11.8 Å². The van der Waals surface area contributed by atoms with Crippen LogP contribution in [0.1, 0.15) is 53.4 Å². The van der Waals surface area contributed by atoms with Crippen LogP contribution in [0.4, 0.5) is 0 Å². The maximum atomic E-state index is 2.76. The molecule has 0 aromatic carbocycles. The third-order valence-corrected chi connectivity index (χ3v) is 4.43. The number of piperidine rings is 1. The van der Waals surface area contributed by atoms with Crippen molar-refractivity contribution in [3.63, 3.8) is 0 Å². The normalized spacial score (nSPS) is 39.9. The summed E-state index contributed by atoms with van der Waals surface area (Å²) < 4.78 is 0. The zero-order valence-electron chi connectivity index (χ0n) is 10.2. The molecule has 3 unspecified atom stereocenters. The predicted molar refractivity (Wildman–Crippen MR) is 61.4 cm³/mol. The van der Waals surface area contributed by atoms with E-state index in [-0.39, 0.29) is 0 Å². The highest BCUT2D eigenvalue weighted by atomic mass is 15.2. The van der Waals surface area contributed by atoms with E-state index < -0.39 is 0 Å². The predicted octanol–water partition coefficient (Wildman–Crippen LogP) is 3.30. The average molecular weight is 195 g/mol. The molecule has 0 spiro atoms. The highest BCUT2D eigenvalue weighted by molar-refractivity contribution is 4.95. The summed E-state index contributed by atoms with van der Waals surface area (Å²) in [5.74, 6) is 1.98. The van der Waals surface area contributed by atoms with Crippen LogP contribution < -0.4 is 0 Å². The van der Waals surface area contributed by atoms with Crippen molar-refractivity contribution >= 4 is 0 Å². The van der Waals surface area contributed by atoms with Gasteiger partial charge >= 0.3 is 0 Å². The van der Waals surface area contributed by atoms with Gasteiger partial charge in [-0.3, -0.25) is 4.90 Å². The van der Waals surface area contributed by atoms with Crippen LogP contribution in [0.25, 0.3) is 0 Å². The van der Waals surface area contributed by atoms with E-state index in [4.69, 9.17) is 0 Å². The Hall–Kier alpha value is -0.0400. The number of hydrogen-bond acceptors (Lipinski definition) is 1. The number of nitrogens with zero attached hydrogens (tertiary/aromatic N) is 1. The van der Waals surface area contributed by atoms with Crippen LogP contribution in [0.5, 0.6) is 0 Å². The molecule has 1 saturated carbocycles. The zero-order valence-corrected chi connectivity index (χ0v) is 10.2. The van der Waals surface area contributed by atoms with Gasteiger partial charge in [-0.2, -0.15) is 0 Å². The summed E-state index contributed by atoms with van der Waals surface area (Å²) in [5.41, 5.74) is 0.376. The Morgan fingerprint density at radius 2 is 1.79 bits per heavy atom. The standard InChI is InChI=1S/C13H25N/c1-10-11-6-5-7-12(10)14(9-8-11)13(2,3)4/h10-12H,5-9H2,1-4H3. The minimum atomic E-state index is 0.376. The summed E-state index contributed by atoms with van der Waals surface area (Å²) in [6, 6.07) is 0.877. The summed E-state index contributed by atoms with van der Waals surface area (Å²) in [4.78, 5) is 2.76. The van der Waals surface area contributed by atoms with Crippen molar-refractivity contribution in [1.29, 1.82) is 0 Å². The van der Waals surface area contributed by atoms with Gasteiger partial charge in [-0.15, -0.1) is 0 Å². The summed E-state index contributed by atoms with van der Waals surface area (Å²) >= 11 is 0. The molecule has 1 saturated heterocycles. The third kappa shape index (κ3) is 1.71. The Kier molecular flexibility index (Phi) is 2.63. The molecular weight excluding hydrogens is 170 g/mol. The van der Waals surface area contributed by atoms with Gasteiger partial charge in [0.05, 0.1) is 0 Å². The number of fused-ring (bicyclic) bond motifs is 2. The molecular formula is C13H25N. The molecule has 0 radical (unpaired) electrons. The van der Waals surface area contributed by atoms with E-state index in [9.17, 15) is 0 Å². The Bertz CT molecular complexity index is 204. The summed E-state index contributed by atoms with van der Waals surface area (Å²) in [5, 5.41) is 0. The van der Waals surface area contributed by atoms with Crippen molar-refractivity contribution < 1.29 is 0 Å². The molecule has 1 aliphatic carbocycles. The average Bonchev–Trinajstić information content (AvgIpc) is 2.00. The molecule has 2 bridgehead atoms. The zero-order chi connectivity index (χ0) is 10.3. The summed E-state index contributed by atoms with van der Waals surface area (Å²) in [6.07, 6.45) is 5.84. The van der Waals surface area contributed by atoms with Crippen LogP contribution in [0.3, 0.4) is 0 Å². The topological polar surface area (TPSA) is 3.24 Å². The molecule has 0 amide bonds. The highest BCUT2D eigenvalue weighted by Gasteiger charge is 2.41. The Morgan fingerprint density at radius 1 is 1.07 bits per heavy atom. The Balaban J connectivity index is 2.14. The molecule has 2 rings (SSSR count). The lowest BCUT2D eigenvalue weighted by molar-refractivity contribution is -0.0332. The van der Waals surface area contributed by atoms with Gasteiger partial charge in [-0.1, -0.05) is 19.8 Å². The first-order chi connectivity index (χ1) is 6.50.